The topological polar surface area (TPSA) is 129 Å². The van der Waals surface area contributed by atoms with Crippen molar-refractivity contribution in [3.8, 4) is 11.5 Å². The lowest BCUT2D eigenvalue weighted by atomic mass is 9.77. The van der Waals surface area contributed by atoms with Gasteiger partial charge < -0.3 is 35.0 Å². The van der Waals surface area contributed by atoms with Crippen molar-refractivity contribution >= 4 is 35.0 Å². The zero-order valence-electron chi connectivity index (χ0n) is 22.4. The fraction of sp³-hybridized carbons (Fsp3) is 0.448. The average molecular weight is 594 g/mol. The lowest BCUT2D eigenvalue weighted by Crippen LogP contribution is -2.55. The summed E-state index contributed by atoms with van der Waals surface area (Å²) in [7, 11) is 1.47. The van der Waals surface area contributed by atoms with Gasteiger partial charge in [-0.2, -0.15) is 0 Å². The molecule has 0 bridgehead atoms. The Balaban J connectivity index is 1.82. The van der Waals surface area contributed by atoms with Gasteiger partial charge in [0.15, 0.2) is 11.5 Å². The predicted molar refractivity (Wildman–Crippen MR) is 151 cm³/mol. The van der Waals surface area contributed by atoms with E-state index < -0.39 is 30.1 Å². The predicted octanol–water partition coefficient (Wildman–Crippen LogP) is 3.34. The van der Waals surface area contributed by atoms with E-state index in [0.717, 1.165) is 6.42 Å². The third-order valence-electron chi connectivity index (χ3n) is 7.28. The zero-order chi connectivity index (χ0) is 29.0. The summed E-state index contributed by atoms with van der Waals surface area (Å²) >= 11 is 12.5. The number of halogens is 2. The standard InChI is InChI=1S/C29H34Cl2N2O7/c1-3-4-5-24(36)33(14-17-6-7-18(30)12-21(17)31)22-13-20(29(38)32-8-9-34)25-19-10-16(15-35)11-23(39-2)27(19)40-28(25)26(22)37/h6-7,10-13,22,25-26,28,34-35,37H,3-5,8-9,14-15H2,1-2H3,(H,32,38). The molecule has 1 aliphatic carbocycles. The monoisotopic (exact) mass is 592 g/mol. The minimum atomic E-state index is -1.22. The Morgan fingerprint density at radius 2 is 1.95 bits per heavy atom. The highest BCUT2D eigenvalue weighted by atomic mass is 35.5. The first-order chi connectivity index (χ1) is 19.2. The number of carbonyl (C=O) groups is 2. The molecule has 4 unspecified atom stereocenters. The van der Waals surface area contributed by atoms with E-state index >= 15 is 0 Å². The highest BCUT2D eigenvalue weighted by Gasteiger charge is 2.51. The number of rotatable bonds is 11. The molecule has 0 saturated heterocycles. The van der Waals surface area contributed by atoms with Gasteiger partial charge in [-0.25, -0.2) is 0 Å². The fourth-order valence-corrected chi connectivity index (χ4v) is 5.75. The smallest absolute Gasteiger partial charge is 0.247 e. The number of aliphatic hydroxyl groups excluding tert-OH is 3. The molecule has 4 N–H and O–H groups in total. The summed E-state index contributed by atoms with van der Waals surface area (Å²) in [4.78, 5) is 28.5. The van der Waals surface area contributed by atoms with Gasteiger partial charge in [0, 0.05) is 40.7 Å². The average Bonchev–Trinajstić information content (AvgIpc) is 3.34. The molecule has 2 aromatic carbocycles. The molecule has 0 fully saturated rings. The van der Waals surface area contributed by atoms with E-state index in [-0.39, 0.29) is 44.2 Å². The summed E-state index contributed by atoms with van der Waals surface area (Å²) in [5.74, 6) is -0.654. The Labute approximate surface area is 243 Å². The number of fused-ring (bicyclic) bond motifs is 3. The summed E-state index contributed by atoms with van der Waals surface area (Å²) in [5, 5.41) is 34.4. The molecular formula is C29H34Cl2N2O7. The van der Waals surface area contributed by atoms with Crippen LogP contribution in [0.4, 0.5) is 0 Å². The Kier molecular flexibility index (Phi) is 9.97. The van der Waals surface area contributed by atoms with Gasteiger partial charge in [-0.3, -0.25) is 9.59 Å². The molecule has 0 saturated carbocycles. The van der Waals surface area contributed by atoms with Gasteiger partial charge in [0.05, 0.1) is 32.3 Å². The van der Waals surface area contributed by atoms with Gasteiger partial charge >= 0.3 is 0 Å². The van der Waals surface area contributed by atoms with Crippen LogP contribution in [0.5, 0.6) is 11.5 Å². The van der Waals surface area contributed by atoms with E-state index in [2.05, 4.69) is 5.32 Å². The molecule has 2 aromatic rings. The maximum atomic E-state index is 13.6. The van der Waals surface area contributed by atoms with Gasteiger partial charge in [-0.15, -0.1) is 0 Å². The first-order valence-electron chi connectivity index (χ1n) is 13.2. The Morgan fingerprint density at radius 1 is 1.18 bits per heavy atom. The van der Waals surface area contributed by atoms with Crippen LogP contribution >= 0.6 is 23.2 Å². The summed E-state index contributed by atoms with van der Waals surface area (Å²) in [6.07, 6.45) is 1.15. The van der Waals surface area contributed by atoms with E-state index in [1.165, 1.54) is 12.0 Å². The van der Waals surface area contributed by atoms with Crippen molar-refractivity contribution in [2.75, 3.05) is 20.3 Å². The first-order valence-corrected chi connectivity index (χ1v) is 14.0. The summed E-state index contributed by atoms with van der Waals surface area (Å²) in [6, 6.07) is 7.43. The number of nitrogens with one attached hydrogen (secondary N) is 1. The quantitative estimate of drug-likeness (QED) is 0.315. The molecule has 2 amide bonds. The van der Waals surface area contributed by atoms with Gasteiger partial charge in [-0.1, -0.05) is 42.6 Å². The van der Waals surface area contributed by atoms with Gasteiger partial charge in [-0.05, 0) is 47.9 Å². The van der Waals surface area contributed by atoms with Crippen LogP contribution in [-0.4, -0.2) is 70.5 Å². The second-order valence-corrected chi connectivity index (χ2v) is 10.7. The van der Waals surface area contributed by atoms with Crippen LogP contribution in [0.25, 0.3) is 0 Å². The van der Waals surface area contributed by atoms with Crippen molar-refractivity contribution in [2.24, 2.45) is 0 Å². The van der Waals surface area contributed by atoms with Crippen LogP contribution in [0.3, 0.4) is 0 Å². The van der Waals surface area contributed by atoms with Crippen molar-refractivity contribution < 1.29 is 34.4 Å². The molecule has 1 aliphatic heterocycles. The second-order valence-electron chi connectivity index (χ2n) is 9.88. The van der Waals surface area contributed by atoms with Gasteiger partial charge in [0.25, 0.3) is 0 Å². The number of methoxy groups -OCH3 is 1. The van der Waals surface area contributed by atoms with E-state index in [1.807, 2.05) is 6.92 Å². The molecular weight excluding hydrogens is 559 g/mol. The number of benzene rings is 2. The molecule has 0 spiro atoms. The molecule has 0 aromatic heterocycles. The summed E-state index contributed by atoms with van der Waals surface area (Å²) in [5.41, 5.74) is 2.05. The Morgan fingerprint density at radius 3 is 2.60 bits per heavy atom. The highest BCUT2D eigenvalue weighted by Crippen LogP contribution is 2.51. The molecule has 4 atom stereocenters. The Hall–Kier alpha value is -2.82. The largest absolute Gasteiger partial charge is 0.493 e. The third kappa shape index (κ3) is 6.09. The second kappa shape index (κ2) is 13.2. The molecule has 0 radical (unpaired) electrons. The molecule has 40 heavy (non-hydrogen) atoms. The van der Waals surface area contributed by atoms with E-state index in [9.17, 15) is 24.9 Å². The number of unbranched alkanes of at least 4 members (excludes halogenated alkanes) is 1. The van der Waals surface area contributed by atoms with Crippen LogP contribution in [0.15, 0.2) is 42.0 Å². The number of ether oxygens (including phenoxy) is 2. The number of nitrogens with zero attached hydrogens (tertiary/aromatic N) is 1. The normalized spacial score (nSPS) is 21.1. The van der Waals surface area contributed by atoms with Crippen LogP contribution in [0, 0.1) is 0 Å². The van der Waals surface area contributed by atoms with Crippen LogP contribution in [-0.2, 0) is 22.7 Å². The molecule has 9 nitrogen and oxygen atoms in total. The minimum Gasteiger partial charge on any atom is -0.493 e. The number of aliphatic hydroxyl groups is 3. The maximum absolute atomic E-state index is 13.6. The molecule has 1 heterocycles. The van der Waals surface area contributed by atoms with Crippen LogP contribution < -0.4 is 14.8 Å². The van der Waals surface area contributed by atoms with Crippen molar-refractivity contribution in [1.29, 1.82) is 0 Å². The lowest BCUT2D eigenvalue weighted by Gasteiger charge is -2.41. The minimum absolute atomic E-state index is 0.0218. The maximum Gasteiger partial charge on any atom is 0.247 e. The number of hydrogen-bond acceptors (Lipinski definition) is 7. The lowest BCUT2D eigenvalue weighted by molar-refractivity contribution is -0.138. The van der Waals surface area contributed by atoms with Crippen molar-refractivity contribution in [2.45, 2.75) is 63.5 Å². The molecule has 4 rings (SSSR count). The van der Waals surface area contributed by atoms with Crippen molar-refractivity contribution in [3.05, 3.63) is 68.7 Å². The van der Waals surface area contributed by atoms with E-state index in [4.69, 9.17) is 32.7 Å². The van der Waals surface area contributed by atoms with Crippen LogP contribution in [0.1, 0.15) is 48.8 Å². The SMILES string of the molecule is CCCCC(=O)N(Cc1ccc(Cl)cc1Cl)C1C=C(C(=O)NCCO)C2c3cc(CO)cc(OC)c3OC2C1O. The number of hydrogen-bond donors (Lipinski definition) is 4. The molecule has 216 valence electrons. The highest BCUT2D eigenvalue weighted by molar-refractivity contribution is 6.35. The van der Waals surface area contributed by atoms with Crippen LogP contribution in [0.2, 0.25) is 10.0 Å². The molecule has 11 heteroatoms. The summed E-state index contributed by atoms with van der Waals surface area (Å²) < 4.78 is 11.8. The zero-order valence-corrected chi connectivity index (χ0v) is 23.9. The number of amides is 2. The first kappa shape index (κ1) is 30.1. The van der Waals surface area contributed by atoms with E-state index in [0.29, 0.717) is 44.7 Å². The van der Waals surface area contributed by atoms with E-state index in [1.54, 1.807) is 36.4 Å². The Bertz CT molecular complexity index is 1290. The molecule has 2 aliphatic rings. The fourth-order valence-electron chi connectivity index (χ4n) is 5.28. The van der Waals surface area contributed by atoms with Gasteiger partial charge in [0.2, 0.25) is 11.8 Å². The van der Waals surface area contributed by atoms with Crippen molar-refractivity contribution in [1.82, 2.24) is 10.2 Å². The summed E-state index contributed by atoms with van der Waals surface area (Å²) in [6.45, 7) is 1.56. The third-order valence-corrected chi connectivity index (χ3v) is 7.86. The number of carbonyl (C=O) groups excluding carboxylic acids is 2. The van der Waals surface area contributed by atoms with Crippen molar-refractivity contribution in [3.63, 3.8) is 0 Å². The van der Waals surface area contributed by atoms with Gasteiger partial charge in [0.1, 0.15) is 12.2 Å².